The molecule has 3 nitrogen and oxygen atoms in total. The molecule has 64 valence electrons. The van der Waals surface area contributed by atoms with E-state index in [9.17, 15) is 0 Å². The third kappa shape index (κ3) is 0.900. The molecule has 0 saturated heterocycles. The van der Waals surface area contributed by atoms with Crippen LogP contribution in [0.1, 0.15) is 5.56 Å². The van der Waals surface area contributed by atoms with Crippen molar-refractivity contribution in [2.75, 3.05) is 0 Å². The Kier molecular flexibility index (Phi) is 1.27. The van der Waals surface area contributed by atoms with Crippen molar-refractivity contribution in [3.8, 4) is 11.4 Å². The summed E-state index contributed by atoms with van der Waals surface area (Å²) in [5.74, 6) is 1.00. The second-order valence-electron chi connectivity index (χ2n) is 3.26. The average molecular weight is 171 g/mol. The van der Waals surface area contributed by atoms with Crippen LogP contribution in [0, 0.1) is 0 Å². The zero-order valence-corrected chi connectivity index (χ0v) is 7.14. The van der Waals surface area contributed by atoms with Gasteiger partial charge < -0.3 is 4.57 Å². The number of hydrogen-bond acceptors (Lipinski definition) is 2. The topological polar surface area (TPSA) is 30.7 Å². The number of aromatic nitrogens is 3. The predicted molar refractivity (Wildman–Crippen MR) is 49.2 cm³/mol. The van der Waals surface area contributed by atoms with Crippen molar-refractivity contribution in [2.45, 2.75) is 13.0 Å². The van der Waals surface area contributed by atoms with Crippen LogP contribution < -0.4 is 0 Å². The second-order valence-corrected chi connectivity index (χ2v) is 3.26. The van der Waals surface area contributed by atoms with Crippen LogP contribution in [0.5, 0.6) is 0 Å². The number of fused-ring (bicyclic) bond motifs is 3. The second kappa shape index (κ2) is 2.42. The molecular weight excluding hydrogens is 162 g/mol. The van der Waals surface area contributed by atoms with Gasteiger partial charge in [0.15, 0.2) is 5.82 Å². The molecule has 0 fully saturated rings. The van der Waals surface area contributed by atoms with Crippen molar-refractivity contribution in [1.29, 1.82) is 0 Å². The lowest BCUT2D eigenvalue weighted by Crippen LogP contribution is -2.09. The Bertz CT molecular complexity index is 445. The van der Waals surface area contributed by atoms with E-state index in [0.717, 1.165) is 18.8 Å². The highest BCUT2D eigenvalue weighted by molar-refractivity contribution is 5.61. The molecule has 2 heterocycles. The Hall–Kier alpha value is -1.64. The van der Waals surface area contributed by atoms with Crippen LogP contribution in [0.2, 0.25) is 0 Å². The summed E-state index contributed by atoms with van der Waals surface area (Å²) < 4.78 is 2.10. The molecule has 3 rings (SSSR count). The van der Waals surface area contributed by atoms with Crippen molar-refractivity contribution < 1.29 is 0 Å². The van der Waals surface area contributed by atoms with E-state index in [1.807, 2.05) is 6.07 Å². The molecule has 0 saturated carbocycles. The quantitative estimate of drug-likeness (QED) is 0.601. The Balaban J connectivity index is 2.30. The van der Waals surface area contributed by atoms with Crippen molar-refractivity contribution in [3.63, 3.8) is 0 Å². The zero-order valence-electron chi connectivity index (χ0n) is 7.14. The fraction of sp³-hybridized carbons (Fsp3) is 0.200. The van der Waals surface area contributed by atoms with Gasteiger partial charge in [0.05, 0.1) is 0 Å². The monoisotopic (exact) mass is 171 g/mol. The number of hydrogen-bond donors (Lipinski definition) is 0. The van der Waals surface area contributed by atoms with Crippen LogP contribution in [0.25, 0.3) is 11.4 Å². The highest BCUT2D eigenvalue weighted by atomic mass is 15.3. The van der Waals surface area contributed by atoms with Crippen molar-refractivity contribution >= 4 is 0 Å². The maximum absolute atomic E-state index is 4.11. The maximum Gasteiger partial charge on any atom is 0.164 e. The minimum atomic E-state index is 0.999. The third-order valence-corrected chi connectivity index (χ3v) is 2.50. The highest BCUT2D eigenvalue weighted by Gasteiger charge is 2.15. The Morgan fingerprint density at radius 3 is 3.15 bits per heavy atom. The molecule has 0 atom stereocenters. The molecule has 1 aromatic carbocycles. The third-order valence-electron chi connectivity index (χ3n) is 2.50. The van der Waals surface area contributed by atoms with Gasteiger partial charge in [0.2, 0.25) is 0 Å². The lowest BCUT2D eigenvalue weighted by Gasteiger charge is -2.16. The fourth-order valence-electron chi connectivity index (χ4n) is 1.82. The smallest absolute Gasteiger partial charge is 0.164 e. The fourth-order valence-corrected chi connectivity index (χ4v) is 1.82. The lowest BCUT2D eigenvalue weighted by atomic mass is 10.0. The van der Waals surface area contributed by atoms with Gasteiger partial charge in [0.1, 0.15) is 6.33 Å². The summed E-state index contributed by atoms with van der Waals surface area (Å²) in [7, 11) is 0. The molecule has 13 heavy (non-hydrogen) atoms. The predicted octanol–water partition coefficient (Wildman–Crippen LogP) is 1.50. The van der Waals surface area contributed by atoms with E-state index < -0.39 is 0 Å². The number of rotatable bonds is 0. The molecule has 1 aliphatic rings. The molecule has 0 bridgehead atoms. The summed E-state index contributed by atoms with van der Waals surface area (Å²) in [6, 6.07) is 8.39. The molecule has 1 aliphatic heterocycles. The van der Waals surface area contributed by atoms with Crippen molar-refractivity contribution in [3.05, 3.63) is 36.2 Å². The largest absolute Gasteiger partial charge is 0.313 e. The van der Waals surface area contributed by atoms with Crippen LogP contribution in [0.4, 0.5) is 0 Å². The van der Waals surface area contributed by atoms with Crippen LogP contribution >= 0.6 is 0 Å². The molecular formula is C10H9N3. The van der Waals surface area contributed by atoms with Crippen LogP contribution in [0.15, 0.2) is 30.6 Å². The Labute approximate surface area is 76.0 Å². The van der Waals surface area contributed by atoms with Crippen LogP contribution in [-0.4, -0.2) is 14.8 Å². The number of aryl methyl sites for hydroxylation is 2. The van der Waals surface area contributed by atoms with E-state index in [0.29, 0.717) is 0 Å². The maximum atomic E-state index is 4.11. The SMILES string of the molecule is c1ccc2c(c1)CCn1cnnc1-2. The molecule has 0 amide bonds. The van der Waals surface area contributed by atoms with Gasteiger partial charge in [-0.2, -0.15) is 0 Å². The molecule has 0 aliphatic carbocycles. The van der Waals surface area contributed by atoms with Crippen molar-refractivity contribution in [2.24, 2.45) is 0 Å². The highest BCUT2D eigenvalue weighted by Crippen LogP contribution is 2.26. The van der Waals surface area contributed by atoms with E-state index in [4.69, 9.17) is 0 Å². The summed E-state index contributed by atoms with van der Waals surface area (Å²) in [6.45, 7) is 0.999. The molecule has 0 spiro atoms. The first-order chi connectivity index (χ1) is 6.45. The zero-order chi connectivity index (χ0) is 8.67. The van der Waals surface area contributed by atoms with Gasteiger partial charge in [0, 0.05) is 12.1 Å². The van der Waals surface area contributed by atoms with Gasteiger partial charge in [-0.25, -0.2) is 0 Å². The number of benzene rings is 1. The average Bonchev–Trinajstić information content (AvgIpc) is 2.65. The van der Waals surface area contributed by atoms with Gasteiger partial charge in [-0.1, -0.05) is 24.3 Å². The van der Waals surface area contributed by atoms with E-state index in [1.165, 1.54) is 11.1 Å². The standard InChI is InChI=1S/C10H9N3/c1-2-4-9-8(3-1)5-6-13-7-11-12-10(9)13/h1-4,7H,5-6H2. The lowest BCUT2D eigenvalue weighted by molar-refractivity contribution is 0.682. The van der Waals surface area contributed by atoms with E-state index in [2.05, 4.69) is 33.0 Å². The Morgan fingerprint density at radius 2 is 2.15 bits per heavy atom. The molecule has 0 radical (unpaired) electrons. The summed E-state index contributed by atoms with van der Waals surface area (Å²) in [4.78, 5) is 0. The first-order valence-corrected chi connectivity index (χ1v) is 4.41. The van der Waals surface area contributed by atoms with Crippen LogP contribution in [0.3, 0.4) is 0 Å². The van der Waals surface area contributed by atoms with E-state index in [-0.39, 0.29) is 0 Å². The minimum Gasteiger partial charge on any atom is -0.313 e. The van der Waals surface area contributed by atoms with Gasteiger partial charge in [0.25, 0.3) is 0 Å². The van der Waals surface area contributed by atoms with Gasteiger partial charge in [-0.05, 0) is 12.0 Å². The summed E-state index contributed by atoms with van der Waals surface area (Å²) in [6.07, 6.45) is 2.88. The molecule has 2 aromatic rings. The van der Waals surface area contributed by atoms with Gasteiger partial charge in [-0.3, -0.25) is 0 Å². The normalized spacial score (nSPS) is 13.5. The number of nitrogens with zero attached hydrogens (tertiary/aromatic N) is 3. The Morgan fingerprint density at radius 1 is 1.23 bits per heavy atom. The molecule has 0 N–H and O–H groups in total. The van der Waals surface area contributed by atoms with Crippen LogP contribution in [-0.2, 0) is 13.0 Å². The first kappa shape index (κ1) is 6.83. The molecule has 1 aromatic heterocycles. The van der Waals surface area contributed by atoms with E-state index in [1.54, 1.807) is 6.33 Å². The summed E-state index contributed by atoms with van der Waals surface area (Å²) in [5.41, 5.74) is 2.61. The van der Waals surface area contributed by atoms with Gasteiger partial charge >= 0.3 is 0 Å². The van der Waals surface area contributed by atoms with E-state index >= 15 is 0 Å². The summed E-state index contributed by atoms with van der Waals surface area (Å²) in [5, 5.41) is 8.03. The summed E-state index contributed by atoms with van der Waals surface area (Å²) >= 11 is 0. The first-order valence-electron chi connectivity index (χ1n) is 4.41. The molecule has 0 unspecified atom stereocenters. The minimum absolute atomic E-state index is 0.999. The van der Waals surface area contributed by atoms with Gasteiger partial charge in [-0.15, -0.1) is 10.2 Å². The van der Waals surface area contributed by atoms with Crippen molar-refractivity contribution in [1.82, 2.24) is 14.8 Å². The molecule has 3 heteroatoms.